The van der Waals surface area contributed by atoms with Crippen molar-refractivity contribution >= 4 is 17.3 Å². The molecule has 2 rings (SSSR count). The van der Waals surface area contributed by atoms with E-state index in [0.717, 1.165) is 19.3 Å². The summed E-state index contributed by atoms with van der Waals surface area (Å²) in [5.74, 6) is 5.35. The van der Waals surface area contributed by atoms with E-state index < -0.39 is 10.8 Å². The molecule has 1 aliphatic carbocycles. The Kier molecular flexibility index (Phi) is 4.19. The van der Waals surface area contributed by atoms with E-state index in [0.29, 0.717) is 11.6 Å². The first-order chi connectivity index (χ1) is 9.56. The molecule has 0 heterocycles. The van der Waals surface area contributed by atoms with Crippen molar-refractivity contribution in [3.05, 3.63) is 33.9 Å². The molecule has 0 saturated heterocycles. The van der Waals surface area contributed by atoms with Crippen molar-refractivity contribution in [2.24, 2.45) is 11.8 Å². The minimum absolute atomic E-state index is 0.0348. The summed E-state index contributed by atoms with van der Waals surface area (Å²) in [6, 6.07) is 4.27. The Hall–Kier alpha value is -2.15. The molecule has 0 bridgehead atoms. The molecule has 7 nitrogen and oxygen atoms in total. The fourth-order valence-electron chi connectivity index (χ4n) is 2.33. The number of carbonyl (C=O) groups is 1. The molecule has 1 aliphatic rings. The lowest BCUT2D eigenvalue weighted by molar-refractivity contribution is -0.385. The third-order valence-corrected chi connectivity index (χ3v) is 3.50. The van der Waals surface area contributed by atoms with Crippen LogP contribution in [0.4, 0.5) is 11.4 Å². The molecule has 0 radical (unpaired) electrons. The SMILES string of the molecule is CCCC1CC1NC(=O)c1cc(NN)ccc1[N+](=O)[O-]. The van der Waals surface area contributed by atoms with E-state index in [1.165, 1.54) is 18.2 Å². The van der Waals surface area contributed by atoms with E-state index in [1.807, 2.05) is 0 Å². The van der Waals surface area contributed by atoms with Crippen LogP contribution in [-0.2, 0) is 0 Å². The number of hydrogen-bond donors (Lipinski definition) is 3. The zero-order valence-corrected chi connectivity index (χ0v) is 11.3. The predicted molar refractivity (Wildman–Crippen MR) is 75.2 cm³/mol. The van der Waals surface area contributed by atoms with Gasteiger partial charge in [0.15, 0.2) is 0 Å². The molecule has 4 N–H and O–H groups in total. The number of nitrogens with zero attached hydrogens (tertiary/aromatic N) is 1. The highest BCUT2D eigenvalue weighted by Gasteiger charge is 2.38. The first-order valence-corrected chi connectivity index (χ1v) is 6.62. The highest BCUT2D eigenvalue weighted by molar-refractivity contribution is 5.99. The Morgan fingerprint density at radius 1 is 1.55 bits per heavy atom. The largest absolute Gasteiger partial charge is 0.349 e. The van der Waals surface area contributed by atoms with E-state index in [-0.39, 0.29) is 17.3 Å². The number of hydrogen-bond acceptors (Lipinski definition) is 5. The number of nitrogens with two attached hydrogens (primary N) is 1. The van der Waals surface area contributed by atoms with Crippen LogP contribution in [0.5, 0.6) is 0 Å². The van der Waals surface area contributed by atoms with E-state index >= 15 is 0 Å². The monoisotopic (exact) mass is 278 g/mol. The summed E-state index contributed by atoms with van der Waals surface area (Å²) in [5.41, 5.74) is 2.66. The molecule has 2 unspecified atom stereocenters. The van der Waals surface area contributed by atoms with E-state index in [9.17, 15) is 14.9 Å². The average Bonchev–Trinajstić information content (AvgIpc) is 3.16. The standard InChI is InChI=1S/C13H18N4O3/c1-2-3-8-6-11(8)15-13(18)10-7-9(16-14)4-5-12(10)17(19)20/h4-5,7-8,11,16H,2-3,6,14H2,1H3,(H,15,18). The molecule has 0 aromatic heterocycles. The van der Waals surface area contributed by atoms with Crippen LogP contribution in [-0.4, -0.2) is 16.9 Å². The fourth-order valence-corrected chi connectivity index (χ4v) is 2.33. The number of anilines is 1. The first kappa shape index (κ1) is 14.3. The first-order valence-electron chi connectivity index (χ1n) is 6.62. The van der Waals surface area contributed by atoms with Crippen molar-refractivity contribution in [3.63, 3.8) is 0 Å². The number of nitrogens with one attached hydrogen (secondary N) is 2. The van der Waals surface area contributed by atoms with Gasteiger partial charge in [-0.3, -0.25) is 20.8 Å². The summed E-state index contributed by atoms with van der Waals surface area (Å²) >= 11 is 0. The number of carbonyl (C=O) groups excluding carboxylic acids is 1. The minimum atomic E-state index is -0.564. The molecule has 2 atom stereocenters. The second-order valence-corrected chi connectivity index (χ2v) is 5.00. The third-order valence-electron chi connectivity index (χ3n) is 3.50. The lowest BCUT2D eigenvalue weighted by Crippen LogP contribution is -2.27. The normalized spacial score (nSPS) is 20.3. The number of benzene rings is 1. The molecule has 20 heavy (non-hydrogen) atoms. The number of hydrazine groups is 1. The number of nitrogen functional groups attached to an aromatic ring is 1. The van der Waals surface area contributed by atoms with Gasteiger partial charge in [0.2, 0.25) is 0 Å². The summed E-state index contributed by atoms with van der Waals surface area (Å²) in [7, 11) is 0. The van der Waals surface area contributed by atoms with E-state index in [1.54, 1.807) is 0 Å². The van der Waals surface area contributed by atoms with Crippen LogP contribution in [0.1, 0.15) is 36.5 Å². The number of amides is 1. The van der Waals surface area contributed by atoms with Crippen LogP contribution in [0, 0.1) is 16.0 Å². The van der Waals surface area contributed by atoms with Crippen molar-refractivity contribution < 1.29 is 9.72 Å². The second-order valence-electron chi connectivity index (χ2n) is 5.00. The van der Waals surface area contributed by atoms with Crippen LogP contribution >= 0.6 is 0 Å². The van der Waals surface area contributed by atoms with Crippen molar-refractivity contribution in [1.82, 2.24) is 5.32 Å². The maximum absolute atomic E-state index is 12.2. The maximum atomic E-state index is 12.2. The third kappa shape index (κ3) is 3.05. The van der Waals surface area contributed by atoms with Gasteiger partial charge in [-0.25, -0.2) is 0 Å². The summed E-state index contributed by atoms with van der Waals surface area (Å²) in [5, 5.41) is 13.8. The Labute approximate surface area is 116 Å². The highest BCUT2D eigenvalue weighted by Crippen LogP contribution is 2.35. The molecule has 1 amide bonds. The molecular weight excluding hydrogens is 260 g/mol. The maximum Gasteiger partial charge on any atom is 0.282 e. The van der Waals surface area contributed by atoms with Crippen LogP contribution in [0.25, 0.3) is 0 Å². The Balaban J connectivity index is 2.14. The van der Waals surface area contributed by atoms with Crippen LogP contribution in [0.15, 0.2) is 18.2 Å². The van der Waals surface area contributed by atoms with Crippen molar-refractivity contribution in [2.45, 2.75) is 32.2 Å². The van der Waals surface area contributed by atoms with E-state index in [4.69, 9.17) is 5.84 Å². The van der Waals surface area contributed by atoms with Gasteiger partial charge in [-0.15, -0.1) is 0 Å². The second kappa shape index (κ2) is 5.87. The molecule has 7 heteroatoms. The lowest BCUT2D eigenvalue weighted by atomic mass is 10.1. The van der Waals surface area contributed by atoms with Gasteiger partial charge in [0.25, 0.3) is 11.6 Å². The van der Waals surface area contributed by atoms with Crippen molar-refractivity contribution in [2.75, 3.05) is 5.43 Å². The Morgan fingerprint density at radius 3 is 2.90 bits per heavy atom. The summed E-state index contributed by atoms with van der Waals surface area (Å²) in [6.45, 7) is 2.10. The van der Waals surface area contributed by atoms with Crippen LogP contribution in [0.2, 0.25) is 0 Å². The Morgan fingerprint density at radius 2 is 2.30 bits per heavy atom. The smallest absolute Gasteiger partial charge is 0.282 e. The molecule has 0 aliphatic heterocycles. The number of nitro groups is 1. The molecule has 1 aromatic carbocycles. The Bertz CT molecular complexity index is 532. The topological polar surface area (TPSA) is 110 Å². The van der Waals surface area contributed by atoms with Gasteiger partial charge >= 0.3 is 0 Å². The molecule has 1 aromatic rings. The summed E-state index contributed by atoms with van der Waals surface area (Å²) < 4.78 is 0. The quantitative estimate of drug-likeness (QED) is 0.417. The van der Waals surface area contributed by atoms with Gasteiger partial charge in [-0.05, 0) is 30.9 Å². The predicted octanol–water partition coefficient (Wildman–Crippen LogP) is 1.80. The zero-order chi connectivity index (χ0) is 14.7. The molecule has 0 spiro atoms. The van der Waals surface area contributed by atoms with Crippen molar-refractivity contribution in [1.29, 1.82) is 0 Å². The van der Waals surface area contributed by atoms with Crippen LogP contribution in [0.3, 0.4) is 0 Å². The molecule has 1 saturated carbocycles. The van der Waals surface area contributed by atoms with Gasteiger partial charge in [0.05, 0.1) is 4.92 Å². The van der Waals surface area contributed by atoms with Gasteiger partial charge in [0.1, 0.15) is 5.56 Å². The minimum Gasteiger partial charge on any atom is -0.349 e. The van der Waals surface area contributed by atoms with Crippen molar-refractivity contribution in [3.8, 4) is 0 Å². The van der Waals surface area contributed by atoms with Gasteiger partial charge < -0.3 is 10.7 Å². The zero-order valence-electron chi connectivity index (χ0n) is 11.3. The van der Waals surface area contributed by atoms with Gasteiger partial charge in [0, 0.05) is 17.8 Å². The number of rotatable bonds is 6. The summed E-state index contributed by atoms with van der Waals surface area (Å²) in [4.78, 5) is 22.6. The molecule has 108 valence electrons. The average molecular weight is 278 g/mol. The van der Waals surface area contributed by atoms with Crippen LogP contribution < -0.4 is 16.6 Å². The number of nitro benzene ring substituents is 1. The lowest BCUT2D eigenvalue weighted by Gasteiger charge is -2.07. The summed E-state index contributed by atoms with van der Waals surface area (Å²) in [6.07, 6.45) is 3.09. The van der Waals surface area contributed by atoms with Gasteiger partial charge in [-0.2, -0.15) is 0 Å². The highest BCUT2D eigenvalue weighted by atomic mass is 16.6. The fraction of sp³-hybridized carbons (Fsp3) is 0.462. The van der Waals surface area contributed by atoms with Gasteiger partial charge in [-0.1, -0.05) is 13.3 Å². The molecular formula is C13H18N4O3. The molecule has 1 fully saturated rings. The van der Waals surface area contributed by atoms with E-state index in [2.05, 4.69) is 17.7 Å².